The molecule has 40 heavy (non-hydrogen) atoms. The second kappa shape index (κ2) is 36.7. The molecular weight excluding hydrogens is 512 g/mol. The Hall–Kier alpha value is -0.320. The maximum absolute atomic E-state index is 5.65. The van der Waals surface area contributed by atoms with Crippen molar-refractivity contribution in [1.82, 2.24) is 0 Å². The van der Waals surface area contributed by atoms with E-state index in [-0.39, 0.29) is 0 Å². The Morgan fingerprint density at radius 3 is 0.925 bits per heavy atom. The normalized spacial score (nSPS) is 12.4. The maximum Gasteiger partial charge on any atom is 0.0701 e. The van der Waals surface area contributed by atoms with Crippen LogP contribution in [0.5, 0.6) is 0 Å². The van der Waals surface area contributed by atoms with Gasteiger partial charge in [0.1, 0.15) is 0 Å². The molecule has 0 aliphatic carbocycles. The van der Waals surface area contributed by atoms with Crippen LogP contribution in [0.15, 0.2) is 0 Å². The van der Waals surface area contributed by atoms with Gasteiger partial charge in [-0.2, -0.15) is 0 Å². The van der Waals surface area contributed by atoms with Crippen molar-refractivity contribution in [1.29, 1.82) is 0 Å². The van der Waals surface area contributed by atoms with Gasteiger partial charge in [0, 0.05) is 13.2 Å². The number of unbranched alkanes of at least 4 members (excludes halogenated alkanes) is 10. The largest absolute Gasteiger partial charge is 0.379 e. The van der Waals surface area contributed by atoms with Gasteiger partial charge in [-0.15, -0.1) is 0 Å². The molecule has 0 aromatic heterocycles. The van der Waals surface area contributed by atoms with Crippen molar-refractivity contribution in [3.05, 3.63) is 0 Å². The molecule has 0 radical (unpaired) electrons. The minimum absolute atomic E-state index is 0.551. The second-order valence-electron chi connectivity index (χ2n) is 10.4. The lowest BCUT2D eigenvalue weighted by molar-refractivity contribution is -0.0238. The zero-order valence-corrected chi connectivity index (χ0v) is 26.6. The molecule has 0 aromatic rings. The van der Waals surface area contributed by atoms with E-state index >= 15 is 0 Å². The fraction of sp³-hybridized carbons (Fsp3) is 1.00. The zero-order chi connectivity index (χ0) is 29.0. The van der Waals surface area contributed by atoms with E-state index in [0.29, 0.717) is 98.4 Å². The molecule has 0 saturated heterocycles. The summed E-state index contributed by atoms with van der Waals surface area (Å²) in [5.74, 6) is 0.608. The van der Waals surface area contributed by atoms with Crippen molar-refractivity contribution in [3.63, 3.8) is 0 Å². The summed E-state index contributed by atoms with van der Waals surface area (Å²) < 4.78 is 44.2. The lowest BCUT2D eigenvalue weighted by atomic mass is 10.1. The highest BCUT2D eigenvalue weighted by Gasteiger charge is 1.99. The SMILES string of the molecule is CCCCCCCCCCCCCOCCOCCOCCOCCOCCOCCOCCOCC(C)CC. The van der Waals surface area contributed by atoms with E-state index in [4.69, 9.17) is 37.9 Å². The quantitative estimate of drug-likeness (QED) is 0.0783. The van der Waals surface area contributed by atoms with Crippen molar-refractivity contribution < 1.29 is 37.9 Å². The molecule has 0 heterocycles. The highest BCUT2D eigenvalue weighted by molar-refractivity contribution is 4.48. The fourth-order valence-corrected chi connectivity index (χ4v) is 3.81. The van der Waals surface area contributed by atoms with Gasteiger partial charge in [0.05, 0.1) is 92.5 Å². The fourth-order valence-electron chi connectivity index (χ4n) is 3.81. The molecule has 0 saturated carbocycles. The van der Waals surface area contributed by atoms with Gasteiger partial charge < -0.3 is 37.9 Å². The Morgan fingerprint density at radius 2 is 0.600 bits per heavy atom. The van der Waals surface area contributed by atoms with Crippen molar-refractivity contribution in [2.24, 2.45) is 5.92 Å². The summed E-state index contributed by atoms with van der Waals surface area (Å²) in [5, 5.41) is 0. The van der Waals surface area contributed by atoms with Crippen LogP contribution in [0, 0.1) is 5.92 Å². The molecule has 1 atom stereocenters. The van der Waals surface area contributed by atoms with Gasteiger partial charge in [0.25, 0.3) is 0 Å². The van der Waals surface area contributed by atoms with E-state index in [0.717, 1.165) is 26.1 Å². The van der Waals surface area contributed by atoms with Gasteiger partial charge in [-0.25, -0.2) is 0 Å². The molecule has 0 N–H and O–H groups in total. The maximum atomic E-state index is 5.65. The molecule has 0 aromatic carbocycles. The predicted octanol–water partition coefficient (Wildman–Crippen LogP) is 6.48. The lowest BCUT2D eigenvalue weighted by Crippen LogP contribution is -2.15. The molecule has 242 valence electrons. The molecular formula is C32H66O8. The molecule has 0 fully saturated rings. The number of hydrogen-bond acceptors (Lipinski definition) is 8. The Bertz CT molecular complexity index is 441. The van der Waals surface area contributed by atoms with Crippen molar-refractivity contribution >= 4 is 0 Å². The number of ether oxygens (including phenoxy) is 8. The van der Waals surface area contributed by atoms with Crippen LogP contribution in [0.4, 0.5) is 0 Å². The van der Waals surface area contributed by atoms with Crippen LogP contribution in [-0.4, -0.2) is 106 Å². The van der Waals surface area contributed by atoms with Gasteiger partial charge in [-0.05, 0) is 12.3 Å². The van der Waals surface area contributed by atoms with E-state index in [1.165, 1.54) is 64.2 Å². The summed E-state index contributed by atoms with van der Waals surface area (Å²) in [6, 6.07) is 0. The smallest absolute Gasteiger partial charge is 0.0701 e. The first-order valence-electron chi connectivity index (χ1n) is 16.4. The Labute approximate surface area is 247 Å². The minimum atomic E-state index is 0.551. The average Bonchev–Trinajstić information content (AvgIpc) is 2.97. The van der Waals surface area contributed by atoms with E-state index in [9.17, 15) is 0 Å². The summed E-state index contributed by atoms with van der Waals surface area (Å²) >= 11 is 0. The standard InChI is InChI=1S/C32H66O8/c1-4-6-7-8-9-10-11-12-13-14-15-16-33-17-18-34-19-20-35-21-22-36-23-24-37-25-26-38-27-28-39-29-30-40-31-32(3)5-2/h32H,4-31H2,1-3H3. The molecule has 0 spiro atoms. The van der Waals surface area contributed by atoms with Gasteiger partial charge in [0.15, 0.2) is 0 Å². The van der Waals surface area contributed by atoms with E-state index in [1.807, 2.05) is 0 Å². The van der Waals surface area contributed by atoms with E-state index in [2.05, 4.69) is 20.8 Å². The van der Waals surface area contributed by atoms with Crippen LogP contribution in [0.2, 0.25) is 0 Å². The van der Waals surface area contributed by atoms with E-state index < -0.39 is 0 Å². The Balaban J connectivity index is 3.03. The minimum Gasteiger partial charge on any atom is -0.379 e. The van der Waals surface area contributed by atoms with Crippen molar-refractivity contribution in [2.75, 3.05) is 106 Å². The molecule has 8 heteroatoms. The van der Waals surface area contributed by atoms with Crippen LogP contribution < -0.4 is 0 Å². The summed E-state index contributed by atoms with van der Waals surface area (Å²) in [7, 11) is 0. The summed E-state index contributed by atoms with van der Waals surface area (Å²) in [5.41, 5.74) is 0. The Morgan fingerprint density at radius 1 is 0.325 bits per heavy atom. The number of rotatable bonds is 36. The zero-order valence-electron chi connectivity index (χ0n) is 26.6. The molecule has 0 bridgehead atoms. The van der Waals surface area contributed by atoms with Crippen LogP contribution in [0.25, 0.3) is 0 Å². The summed E-state index contributed by atoms with van der Waals surface area (Å²) in [6.07, 6.45) is 16.1. The third-order valence-electron chi connectivity index (χ3n) is 6.60. The first kappa shape index (κ1) is 39.7. The van der Waals surface area contributed by atoms with Gasteiger partial charge in [-0.3, -0.25) is 0 Å². The van der Waals surface area contributed by atoms with Crippen LogP contribution in [-0.2, 0) is 37.9 Å². The van der Waals surface area contributed by atoms with Crippen molar-refractivity contribution in [3.8, 4) is 0 Å². The first-order chi connectivity index (χ1) is 19.8. The van der Waals surface area contributed by atoms with Crippen LogP contribution >= 0.6 is 0 Å². The van der Waals surface area contributed by atoms with Gasteiger partial charge in [-0.1, -0.05) is 91.4 Å². The lowest BCUT2D eigenvalue weighted by Gasteiger charge is -2.10. The molecule has 0 aliphatic heterocycles. The third kappa shape index (κ3) is 35.7. The third-order valence-corrected chi connectivity index (χ3v) is 6.60. The predicted molar refractivity (Wildman–Crippen MR) is 162 cm³/mol. The highest BCUT2D eigenvalue weighted by atomic mass is 16.6. The molecule has 0 amide bonds. The van der Waals surface area contributed by atoms with Gasteiger partial charge in [0.2, 0.25) is 0 Å². The Kier molecular flexibility index (Phi) is 36.4. The highest BCUT2D eigenvalue weighted by Crippen LogP contribution is 2.11. The average molecular weight is 579 g/mol. The van der Waals surface area contributed by atoms with Crippen molar-refractivity contribution in [2.45, 2.75) is 97.8 Å². The van der Waals surface area contributed by atoms with E-state index in [1.54, 1.807) is 0 Å². The summed E-state index contributed by atoms with van der Waals surface area (Å²) in [4.78, 5) is 0. The van der Waals surface area contributed by atoms with Crippen LogP contribution in [0.3, 0.4) is 0 Å². The molecule has 0 rings (SSSR count). The first-order valence-corrected chi connectivity index (χ1v) is 16.4. The molecule has 8 nitrogen and oxygen atoms in total. The number of hydrogen-bond donors (Lipinski definition) is 0. The molecule has 1 unspecified atom stereocenters. The monoisotopic (exact) mass is 578 g/mol. The second-order valence-corrected chi connectivity index (χ2v) is 10.4. The molecule has 0 aliphatic rings. The van der Waals surface area contributed by atoms with Gasteiger partial charge >= 0.3 is 0 Å². The van der Waals surface area contributed by atoms with Crippen LogP contribution in [0.1, 0.15) is 97.8 Å². The summed E-state index contributed by atoms with van der Waals surface area (Å²) in [6.45, 7) is 16.4. The topological polar surface area (TPSA) is 73.8 Å².